The van der Waals surface area contributed by atoms with Gasteiger partial charge >= 0.3 is 0 Å². The zero-order valence-corrected chi connectivity index (χ0v) is 18.3. The Bertz CT molecular complexity index is 1200. The maximum atomic E-state index is 12.4. The van der Waals surface area contributed by atoms with Gasteiger partial charge in [0, 0.05) is 22.5 Å². The van der Waals surface area contributed by atoms with E-state index in [1.165, 1.54) is 16.9 Å². The van der Waals surface area contributed by atoms with Crippen LogP contribution in [0.1, 0.15) is 16.8 Å². The Labute approximate surface area is 189 Å². The lowest BCUT2D eigenvalue weighted by atomic mass is 10.0. The minimum absolute atomic E-state index is 0.0954. The summed E-state index contributed by atoms with van der Waals surface area (Å²) in [6, 6.07) is 15.8. The molecule has 156 valence electrons. The lowest BCUT2D eigenvalue weighted by molar-refractivity contribution is -0.120. The van der Waals surface area contributed by atoms with E-state index in [9.17, 15) is 4.79 Å². The van der Waals surface area contributed by atoms with Gasteiger partial charge in [0.1, 0.15) is 5.01 Å². The maximum Gasteiger partial charge on any atom is 0.226 e. The summed E-state index contributed by atoms with van der Waals surface area (Å²) < 4.78 is 0. The second-order valence-electron chi connectivity index (χ2n) is 7.04. The molecule has 0 fully saturated rings. The molecule has 0 unspecified atom stereocenters. The number of carbonyl (C=O) groups excluding carboxylic acids is 1. The number of rotatable bonds is 8. The summed E-state index contributed by atoms with van der Waals surface area (Å²) in [5.74, 6) is -0.0954. The predicted molar refractivity (Wildman–Crippen MR) is 126 cm³/mol. The van der Waals surface area contributed by atoms with Crippen molar-refractivity contribution in [3.63, 3.8) is 0 Å². The van der Waals surface area contributed by atoms with Gasteiger partial charge in [-0.1, -0.05) is 60.1 Å². The van der Waals surface area contributed by atoms with Crippen LogP contribution < -0.4 is 5.32 Å². The molecule has 7 heteroatoms. The molecule has 2 heterocycles. The summed E-state index contributed by atoms with van der Waals surface area (Å²) in [7, 11) is 0. The molecule has 0 atom stereocenters. The van der Waals surface area contributed by atoms with Gasteiger partial charge in [0.15, 0.2) is 0 Å². The molecule has 2 N–H and O–H groups in total. The first kappa shape index (κ1) is 21.0. The summed E-state index contributed by atoms with van der Waals surface area (Å²) in [5.41, 5.74) is 5.69. The van der Waals surface area contributed by atoms with Crippen LogP contribution in [-0.4, -0.2) is 21.1 Å². The topological polar surface area (TPSA) is 70.7 Å². The van der Waals surface area contributed by atoms with Crippen LogP contribution in [0.2, 0.25) is 5.02 Å². The van der Waals surface area contributed by atoms with E-state index in [-0.39, 0.29) is 12.3 Å². The molecular formula is C24H21ClN4OS. The van der Waals surface area contributed by atoms with Gasteiger partial charge in [-0.15, -0.1) is 17.9 Å². The van der Waals surface area contributed by atoms with Crippen LogP contribution in [0.5, 0.6) is 0 Å². The van der Waals surface area contributed by atoms with Crippen molar-refractivity contribution >= 4 is 28.8 Å². The molecule has 0 saturated heterocycles. The first-order chi connectivity index (χ1) is 15.1. The number of nitrogens with zero attached hydrogens (tertiary/aromatic N) is 2. The monoisotopic (exact) mass is 448 g/mol. The molecule has 2 aromatic carbocycles. The predicted octanol–water partition coefficient (Wildman–Crippen LogP) is 5.44. The fourth-order valence-corrected chi connectivity index (χ4v) is 4.25. The Hall–Kier alpha value is -3.22. The first-order valence-electron chi connectivity index (χ1n) is 9.82. The molecule has 5 nitrogen and oxygen atoms in total. The molecule has 4 rings (SSSR count). The summed E-state index contributed by atoms with van der Waals surface area (Å²) >= 11 is 7.64. The van der Waals surface area contributed by atoms with Crippen molar-refractivity contribution < 1.29 is 4.79 Å². The summed E-state index contributed by atoms with van der Waals surface area (Å²) in [6.45, 7) is 4.17. The zero-order chi connectivity index (χ0) is 21.6. The van der Waals surface area contributed by atoms with Crippen LogP contribution in [-0.2, 0) is 24.2 Å². The second kappa shape index (κ2) is 9.73. The number of halogens is 1. The largest absolute Gasteiger partial charge is 0.352 e. The minimum atomic E-state index is -0.0954. The SMILES string of the molecule is C=CCc1ccc(-c2[nH]ncc2-c2nc(CC(=O)NCc3ccccc3Cl)cs2)cc1. The summed E-state index contributed by atoms with van der Waals surface area (Å²) in [4.78, 5) is 17.0. The van der Waals surface area contributed by atoms with Crippen LogP contribution in [0.4, 0.5) is 0 Å². The molecule has 0 radical (unpaired) electrons. The van der Waals surface area contributed by atoms with Crippen molar-refractivity contribution in [2.24, 2.45) is 0 Å². The maximum absolute atomic E-state index is 12.4. The fourth-order valence-electron chi connectivity index (χ4n) is 3.22. The number of allylic oxidation sites excluding steroid dienone is 1. The molecule has 1 amide bonds. The van der Waals surface area contributed by atoms with E-state index in [4.69, 9.17) is 11.6 Å². The van der Waals surface area contributed by atoms with Crippen molar-refractivity contribution in [3.05, 3.63) is 94.6 Å². The molecule has 31 heavy (non-hydrogen) atoms. The highest BCUT2D eigenvalue weighted by Gasteiger charge is 2.15. The van der Waals surface area contributed by atoms with Gasteiger partial charge in [0.05, 0.1) is 29.6 Å². The van der Waals surface area contributed by atoms with Crippen molar-refractivity contribution in [2.45, 2.75) is 19.4 Å². The van der Waals surface area contributed by atoms with Gasteiger partial charge in [-0.2, -0.15) is 5.10 Å². The smallest absolute Gasteiger partial charge is 0.226 e. The lowest BCUT2D eigenvalue weighted by Crippen LogP contribution is -2.24. The number of hydrogen-bond donors (Lipinski definition) is 2. The zero-order valence-electron chi connectivity index (χ0n) is 16.8. The van der Waals surface area contributed by atoms with Crippen molar-refractivity contribution in [1.82, 2.24) is 20.5 Å². The number of thiazole rings is 1. The van der Waals surface area contributed by atoms with Crippen molar-refractivity contribution in [2.75, 3.05) is 0 Å². The number of benzene rings is 2. The quantitative estimate of drug-likeness (QED) is 0.352. The number of amides is 1. The van der Waals surface area contributed by atoms with E-state index in [0.717, 1.165) is 39.5 Å². The molecule has 4 aromatic rings. The van der Waals surface area contributed by atoms with E-state index in [0.29, 0.717) is 11.6 Å². The average molecular weight is 449 g/mol. The number of nitrogens with one attached hydrogen (secondary N) is 2. The second-order valence-corrected chi connectivity index (χ2v) is 8.30. The van der Waals surface area contributed by atoms with Crippen LogP contribution in [0.15, 0.2) is 72.8 Å². The number of aromatic amines is 1. The first-order valence-corrected chi connectivity index (χ1v) is 11.1. The van der Waals surface area contributed by atoms with Gasteiger partial charge in [0.25, 0.3) is 0 Å². The van der Waals surface area contributed by atoms with Gasteiger partial charge < -0.3 is 5.32 Å². The van der Waals surface area contributed by atoms with Crippen LogP contribution >= 0.6 is 22.9 Å². The average Bonchev–Trinajstić information content (AvgIpc) is 3.43. The Balaban J connectivity index is 1.43. The van der Waals surface area contributed by atoms with E-state index >= 15 is 0 Å². The molecular weight excluding hydrogens is 428 g/mol. The summed E-state index contributed by atoms with van der Waals surface area (Å²) in [6.07, 6.45) is 4.71. The lowest BCUT2D eigenvalue weighted by Gasteiger charge is -2.06. The van der Waals surface area contributed by atoms with Gasteiger partial charge in [-0.05, 0) is 23.6 Å². The Morgan fingerprint density at radius 1 is 1.19 bits per heavy atom. The van der Waals surface area contributed by atoms with E-state index in [1.807, 2.05) is 35.7 Å². The van der Waals surface area contributed by atoms with Crippen molar-refractivity contribution in [1.29, 1.82) is 0 Å². The molecule has 0 saturated carbocycles. The molecule has 0 spiro atoms. The minimum Gasteiger partial charge on any atom is -0.352 e. The molecule has 2 aromatic heterocycles. The Morgan fingerprint density at radius 3 is 2.77 bits per heavy atom. The van der Waals surface area contributed by atoms with Crippen LogP contribution in [0, 0.1) is 0 Å². The molecule has 0 aliphatic carbocycles. The number of H-pyrrole nitrogens is 1. The molecule has 0 bridgehead atoms. The van der Waals surface area contributed by atoms with E-state index < -0.39 is 0 Å². The number of hydrogen-bond acceptors (Lipinski definition) is 4. The molecule has 0 aliphatic rings. The Morgan fingerprint density at radius 2 is 2.00 bits per heavy atom. The highest BCUT2D eigenvalue weighted by Crippen LogP contribution is 2.32. The van der Waals surface area contributed by atoms with E-state index in [1.54, 1.807) is 6.20 Å². The third kappa shape index (κ3) is 5.10. The highest BCUT2D eigenvalue weighted by molar-refractivity contribution is 7.13. The number of carbonyl (C=O) groups is 1. The summed E-state index contributed by atoms with van der Waals surface area (Å²) in [5, 5.41) is 13.6. The Kier molecular flexibility index (Phi) is 6.60. The van der Waals surface area contributed by atoms with Gasteiger partial charge in [-0.3, -0.25) is 9.89 Å². The van der Waals surface area contributed by atoms with E-state index in [2.05, 4.69) is 51.3 Å². The fraction of sp³-hybridized carbons (Fsp3) is 0.125. The van der Waals surface area contributed by atoms with Crippen molar-refractivity contribution in [3.8, 4) is 21.8 Å². The molecule has 0 aliphatic heterocycles. The van der Waals surface area contributed by atoms with Gasteiger partial charge in [-0.25, -0.2) is 4.98 Å². The standard InChI is InChI=1S/C24H21ClN4OS/c1-2-5-16-8-10-17(11-9-16)23-20(14-27-29-23)24-28-19(15-31-24)12-22(30)26-13-18-6-3-4-7-21(18)25/h2-4,6-11,14-15H,1,5,12-13H2,(H,26,30)(H,27,29). The third-order valence-electron chi connectivity index (χ3n) is 4.82. The highest BCUT2D eigenvalue weighted by atomic mass is 35.5. The van der Waals surface area contributed by atoms with Crippen LogP contribution in [0.25, 0.3) is 21.8 Å². The normalized spacial score (nSPS) is 10.7. The van der Waals surface area contributed by atoms with Gasteiger partial charge in [0.2, 0.25) is 5.91 Å². The third-order valence-corrected chi connectivity index (χ3v) is 6.11. The number of aromatic nitrogens is 3. The van der Waals surface area contributed by atoms with Crippen LogP contribution in [0.3, 0.4) is 0 Å².